The molecule has 20 heavy (non-hydrogen) atoms. The fourth-order valence-electron chi connectivity index (χ4n) is 2.87. The lowest BCUT2D eigenvalue weighted by atomic mass is 9.96. The minimum atomic E-state index is -0.388. The zero-order valence-electron chi connectivity index (χ0n) is 12.2. The Balaban J connectivity index is 2.14. The molecule has 1 aliphatic heterocycles. The molecule has 112 valence electrons. The van der Waals surface area contributed by atoms with Gasteiger partial charge in [0.1, 0.15) is 10.6 Å². The van der Waals surface area contributed by atoms with Crippen molar-refractivity contribution in [2.45, 2.75) is 39.0 Å². The number of nitrogens with zero attached hydrogens (tertiary/aromatic N) is 2. The van der Waals surface area contributed by atoms with E-state index in [1.807, 2.05) is 0 Å². The molecule has 2 rings (SSSR count). The van der Waals surface area contributed by atoms with Crippen LogP contribution in [0.1, 0.15) is 49.4 Å². The molecule has 1 atom stereocenters. The Hall–Kier alpha value is -1.30. The minimum Gasteiger partial charge on any atom is -0.465 e. The van der Waals surface area contributed by atoms with E-state index in [2.05, 4.69) is 16.2 Å². The van der Waals surface area contributed by atoms with Gasteiger partial charge in [-0.05, 0) is 36.7 Å². The molecule has 1 aromatic rings. The van der Waals surface area contributed by atoms with Crippen LogP contribution < -0.4 is 10.6 Å². The number of carbonyl (C=O) groups is 1. The third-order valence-electron chi connectivity index (χ3n) is 3.92. The summed E-state index contributed by atoms with van der Waals surface area (Å²) in [6, 6.07) is 0. The van der Waals surface area contributed by atoms with Gasteiger partial charge in [0, 0.05) is 13.1 Å². The molecule has 1 unspecified atom stereocenters. The summed E-state index contributed by atoms with van der Waals surface area (Å²) < 4.78 is 8.94. The largest absolute Gasteiger partial charge is 0.465 e. The molecule has 0 saturated carbocycles. The van der Waals surface area contributed by atoms with Crippen molar-refractivity contribution in [3.8, 4) is 0 Å². The molecule has 1 aliphatic rings. The van der Waals surface area contributed by atoms with Crippen molar-refractivity contribution in [3.63, 3.8) is 0 Å². The van der Waals surface area contributed by atoms with Crippen LogP contribution in [0.3, 0.4) is 0 Å². The van der Waals surface area contributed by atoms with E-state index < -0.39 is 0 Å². The number of rotatable bonds is 4. The van der Waals surface area contributed by atoms with Gasteiger partial charge in [0.2, 0.25) is 0 Å². The Labute approximate surface area is 124 Å². The fraction of sp³-hybridized carbons (Fsp3) is 0.714. The van der Waals surface area contributed by atoms with Gasteiger partial charge < -0.3 is 15.4 Å². The van der Waals surface area contributed by atoms with Crippen LogP contribution >= 0.6 is 11.5 Å². The Morgan fingerprint density at radius 1 is 1.50 bits per heavy atom. The van der Waals surface area contributed by atoms with Crippen LogP contribution in [-0.4, -0.2) is 30.5 Å². The van der Waals surface area contributed by atoms with Crippen LogP contribution in [-0.2, 0) is 4.74 Å². The summed E-state index contributed by atoms with van der Waals surface area (Å²) in [5.74, 6) is 0.698. The molecule has 6 heteroatoms. The maximum absolute atomic E-state index is 11.8. The first-order chi connectivity index (χ1) is 9.67. The maximum Gasteiger partial charge on any atom is 0.344 e. The van der Waals surface area contributed by atoms with Crippen molar-refractivity contribution in [2.24, 2.45) is 5.92 Å². The van der Waals surface area contributed by atoms with Gasteiger partial charge in [-0.25, -0.2) is 4.79 Å². The van der Waals surface area contributed by atoms with Crippen LogP contribution in [0.2, 0.25) is 0 Å². The van der Waals surface area contributed by atoms with Gasteiger partial charge in [0.15, 0.2) is 5.82 Å². The van der Waals surface area contributed by atoms with Gasteiger partial charge in [-0.15, -0.1) is 0 Å². The average molecular weight is 297 g/mol. The Bertz CT molecular complexity index is 461. The minimum absolute atomic E-state index is 0.284. The molecule has 2 N–H and O–H groups in total. The second kappa shape index (κ2) is 6.92. The Morgan fingerprint density at radius 3 is 3.00 bits per heavy atom. The number of methoxy groups -OCH3 is 1. The topological polar surface area (TPSA) is 68.5 Å². The third kappa shape index (κ3) is 3.23. The number of nitrogen functional groups attached to an aromatic ring is 1. The molecule has 0 bridgehead atoms. The smallest absolute Gasteiger partial charge is 0.344 e. The summed E-state index contributed by atoms with van der Waals surface area (Å²) in [4.78, 5) is 14.1. The van der Waals surface area contributed by atoms with Gasteiger partial charge >= 0.3 is 5.97 Å². The van der Waals surface area contributed by atoms with E-state index >= 15 is 0 Å². The molecular weight excluding hydrogens is 274 g/mol. The van der Waals surface area contributed by atoms with Crippen LogP contribution in [0.15, 0.2) is 0 Å². The van der Waals surface area contributed by atoms with Crippen LogP contribution in [0.4, 0.5) is 10.8 Å². The number of ether oxygens (including phenoxy) is 1. The Morgan fingerprint density at radius 2 is 2.30 bits per heavy atom. The second-order valence-electron chi connectivity index (χ2n) is 5.31. The van der Waals surface area contributed by atoms with E-state index in [-0.39, 0.29) is 11.8 Å². The zero-order chi connectivity index (χ0) is 14.5. The van der Waals surface area contributed by atoms with E-state index in [0.29, 0.717) is 5.56 Å². The van der Waals surface area contributed by atoms with Gasteiger partial charge in [0.05, 0.1) is 7.11 Å². The number of esters is 1. The summed E-state index contributed by atoms with van der Waals surface area (Å²) in [5, 5.41) is 0.867. The highest BCUT2D eigenvalue weighted by atomic mass is 32.1. The lowest BCUT2D eigenvalue weighted by Gasteiger charge is -2.21. The first-order valence-corrected chi connectivity index (χ1v) is 8.03. The van der Waals surface area contributed by atoms with Crippen molar-refractivity contribution in [1.82, 2.24) is 4.37 Å². The van der Waals surface area contributed by atoms with Gasteiger partial charge in [0.25, 0.3) is 0 Å². The molecule has 1 saturated heterocycles. The summed E-state index contributed by atoms with van der Waals surface area (Å²) in [6.07, 6.45) is 6.13. The van der Waals surface area contributed by atoms with Crippen LogP contribution in [0.5, 0.6) is 0 Å². The number of aromatic nitrogens is 1. The number of hydrogen-bond acceptors (Lipinski definition) is 6. The molecule has 0 spiro atoms. The van der Waals surface area contributed by atoms with Crippen molar-refractivity contribution in [3.05, 3.63) is 5.56 Å². The summed E-state index contributed by atoms with van der Waals surface area (Å²) in [5.41, 5.74) is 6.25. The Kier molecular flexibility index (Phi) is 5.23. The number of hydrogen-bond donors (Lipinski definition) is 1. The van der Waals surface area contributed by atoms with E-state index in [1.54, 1.807) is 0 Å². The van der Waals surface area contributed by atoms with E-state index in [4.69, 9.17) is 10.5 Å². The second-order valence-corrected chi connectivity index (χ2v) is 6.06. The molecular formula is C14H23N3O2S. The third-order valence-corrected chi connectivity index (χ3v) is 4.85. The molecule has 1 fully saturated rings. The standard InChI is InChI=1S/C14H23N3O2S/c1-3-5-10-6-4-8-17(9-7-10)13-11(14(18)19-2)12(15)16-20-13/h10H,3-9H2,1-2H3,(H2,15,16). The van der Waals surface area contributed by atoms with Gasteiger partial charge in [-0.1, -0.05) is 19.8 Å². The molecule has 0 radical (unpaired) electrons. The van der Waals surface area contributed by atoms with E-state index in [1.165, 1.54) is 44.3 Å². The number of nitrogens with two attached hydrogens (primary N) is 1. The molecule has 0 amide bonds. The van der Waals surface area contributed by atoms with Crippen molar-refractivity contribution in [1.29, 1.82) is 0 Å². The van der Waals surface area contributed by atoms with Crippen molar-refractivity contribution >= 4 is 28.3 Å². The molecule has 5 nitrogen and oxygen atoms in total. The molecule has 1 aromatic heterocycles. The summed E-state index contributed by atoms with van der Waals surface area (Å²) >= 11 is 1.30. The van der Waals surface area contributed by atoms with Gasteiger partial charge in [-0.3, -0.25) is 0 Å². The predicted octanol–water partition coefficient (Wildman–Crippen LogP) is 2.92. The summed E-state index contributed by atoms with van der Waals surface area (Å²) in [6.45, 7) is 4.17. The first-order valence-electron chi connectivity index (χ1n) is 7.25. The highest BCUT2D eigenvalue weighted by Gasteiger charge is 2.26. The average Bonchev–Trinajstić information content (AvgIpc) is 2.68. The van der Waals surface area contributed by atoms with E-state index in [0.717, 1.165) is 30.4 Å². The molecule has 2 heterocycles. The quantitative estimate of drug-likeness (QED) is 0.865. The van der Waals surface area contributed by atoms with Crippen molar-refractivity contribution < 1.29 is 9.53 Å². The number of carbonyl (C=O) groups excluding carboxylic acids is 1. The fourth-order valence-corrected chi connectivity index (χ4v) is 3.72. The molecule has 0 aliphatic carbocycles. The van der Waals surface area contributed by atoms with Crippen LogP contribution in [0, 0.1) is 5.92 Å². The molecule has 0 aromatic carbocycles. The highest BCUT2D eigenvalue weighted by molar-refractivity contribution is 7.11. The number of anilines is 2. The monoisotopic (exact) mass is 297 g/mol. The van der Waals surface area contributed by atoms with Gasteiger partial charge in [-0.2, -0.15) is 4.37 Å². The highest BCUT2D eigenvalue weighted by Crippen LogP contribution is 2.34. The lowest BCUT2D eigenvalue weighted by molar-refractivity contribution is 0.0603. The van der Waals surface area contributed by atoms with Crippen LogP contribution in [0.25, 0.3) is 0 Å². The maximum atomic E-state index is 11.8. The predicted molar refractivity (Wildman–Crippen MR) is 82.3 cm³/mol. The summed E-state index contributed by atoms with van der Waals surface area (Å²) in [7, 11) is 1.38. The SMILES string of the molecule is CCCC1CCCN(c2snc(N)c2C(=O)OC)CC1. The van der Waals surface area contributed by atoms with Crippen molar-refractivity contribution in [2.75, 3.05) is 30.8 Å². The zero-order valence-corrected chi connectivity index (χ0v) is 13.0. The lowest BCUT2D eigenvalue weighted by Crippen LogP contribution is -2.25. The van der Waals surface area contributed by atoms with E-state index in [9.17, 15) is 4.79 Å². The first kappa shape index (κ1) is 15.1. The normalized spacial score (nSPS) is 19.7.